The predicted molar refractivity (Wildman–Crippen MR) is 79.0 cm³/mol. The molecule has 0 aromatic rings. The Morgan fingerprint density at radius 1 is 1.05 bits per heavy atom. The van der Waals surface area contributed by atoms with Gasteiger partial charge in [-0.2, -0.15) is 0 Å². The first-order chi connectivity index (χ1) is 9.09. The Kier molecular flexibility index (Phi) is 10.4. The predicted octanol–water partition coefficient (Wildman–Crippen LogP) is 3.91. The molecule has 19 heavy (non-hydrogen) atoms. The Balaban J connectivity index is 0.000000573. The second kappa shape index (κ2) is 10.6. The molecular weight excluding hydrogens is 246 g/mol. The van der Waals surface area contributed by atoms with Crippen molar-refractivity contribution in [1.82, 2.24) is 10.2 Å². The van der Waals surface area contributed by atoms with Crippen LogP contribution in [0.15, 0.2) is 0 Å². The topological polar surface area (TPSA) is 15.3 Å². The molecule has 0 unspecified atom stereocenters. The lowest BCUT2D eigenvalue weighted by Crippen LogP contribution is -2.48. The van der Waals surface area contributed by atoms with Crippen molar-refractivity contribution in [2.24, 2.45) is 0 Å². The summed E-state index contributed by atoms with van der Waals surface area (Å²) in [5, 5.41) is 3.30. The van der Waals surface area contributed by atoms with Crippen LogP contribution in [0.2, 0.25) is 0 Å². The highest BCUT2D eigenvalue weighted by Crippen LogP contribution is 2.29. The molecule has 2 rings (SSSR count). The first kappa shape index (κ1) is 18.8. The molecule has 2 heterocycles. The number of hydrogen-bond donors (Lipinski definition) is 1. The van der Waals surface area contributed by atoms with Crippen LogP contribution in [0.5, 0.6) is 0 Å². The fourth-order valence-electron chi connectivity index (χ4n) is 2.39. The van der Waals surface area contributed by atoms with E-state index in [1.54, 1.807) is 0 Å². The molecule has 2 aliphatic heterocycles. The maximum absolute atomic E-state index is 12.9. The van der Waals surface area contributed by atoms with Gasteiger partial charge in [-0.05, 0) is 25.9 Å². The molecule has 4 heteroatoms. The van der Waals surface area contributed by atoms with Gasteiger partial charge in [0, 0.05) is 32.0 Å². The average Bonchev–Trinajstić information content (AvgIpc) is 2.43. The van der Waals surface area contributed by atoms with E-state index in [9.17, 15) is 8.78 Å². The van der Waals surface area contributed by atoms with Gasteiger partial charge in [0.25, 0.3) is 5.92 Å². The molecule has 0 spiro atoms. The van der Waals surface area contributed by atoms with Crippen molar-refractivity contribution in [3.05, 3.63) is 0 Å². The van der Waals surface area contributed by atoms with Gasteiger partial charge >= 0.3 is 0 Å². The first-order valence-electron chi connectivity index (χ1n) is 7.91. The van der Waals surface area contributed by atoms with Crippen LogP contribution < -0.4 is 5.32 Å². The highest BCUT2D eigenvalue weighted by molar-refractivity contribution is 4.84. The summed E-state index contributed by atoms with van der Waals surface area (Å²) in [6.07, 6.45) is 3.59. The summed E-state index contributed by atoms with van der Waals surface area (Å²) in [5.74, 6) is -2.40. The number of rotatable bonds is 1. The van der Waals surface area contributed by atoms with Gasteiger partial charge in [0.05, 0.1) is 0 Å². The molecule has 2 fully saturated rings. The van der Waals surface area contributed by atoms with Crippen LogP contribution in [0.1, 0.15) is 59.8 Å². The fraction of sp³-hybridized carbons (Fsp3) is 1.00. The van der Waals surface area contributed by atoms with E-state index in [1.807, 2.05) is 13.8 Å². The number of alkyl halides is 2. The maximum atomic E-state index is 12.9. The minimum atomic E-state index is -2.40. The van der Waals surface area contributed by atoms with Crippen LogP contribution >= 0.6 is 0 Å². The molecule has 0 radical (unpaired) electrons. The van der Waals surface area contributed by atoms with Gasteiger partial charge in [-0.1, -0.05) is 34.1 Å². The van der Waals surface area contributed by atoms with E-state index in [4.69, 9.17) is 0 Å². The minimum Gasteiger partial charge on any atom is -0.317 e. The number of halogens is 2. The lowest BCUT2D eigenvalue weighted by atomic mass is 9.99. The summed E-state index contributed by atoms with van der Waals surface area (Å²) in [4.78, 5) is 2.25. The molecule has 1 N–H and O–H groups in total. The van der Waals surface area contributed by atoms with Crippen molar-refractivity contribution in [3.63, 3.8) is 0 Å². The molecule has 0 aromatic heterocycles. The second-order valence-electron chi connectivity index (χ2n) is 5.08. The molecule has 0 atom stereocenters. The van der Waals surface area contributed by atoms with Crippen molar-refractivity contribution in [2.45, 2.75) is 71.8 Å². The van der Waals surface area contributed by atoms with E-state index < -0.39 is 5.92 Å². The zero-order valence-corrected chi connectivity index (χ0v) is 13.1. The third-order valence-corrected chi connectivity index (χ3v) is 3.35. The van der Waals surface area contributed by atoms with Gasteiger partial charge in [0.1, 0.15) is 0 Å². The Morgan fingerprint density at radius 3 is 1.89 bits per heavy atom. The molecule has 2 nitrogen and oxygen atoms in total. The molecule has 0 bridgehead atoms. The summed E-state index contributed by atoms with van der Waals surface area (Å²) < 4.78 is 25.8. The van der Waals surface area contributed by atoms with Gasteiger partial charge in [-0.25, -0.2) is 8.78 Å². The minimum absolute atomic E-state index is 0.0525. The zero-order chi connectivity index (χ0) is 14.7. The van der Waals surface area contributed by atoms with Crippen molar-refractivity contribution in [2.75, 3.05) is 26.2 Å². The van der Waals surface area contributed by atoms with Crippen LogP contribution in [-0.2, 0) is 0 Å². The van der Waals surface area contributed by atoms with Crippen molar-refractivity contribution < 1.29 is 8.78 Å². The highest BCUT2D eigenvalue weighted by Gasteiger charge is 2.36. The Morgan fingerprint density at radius 2 is 1.47 bits per heavy atom. The third kappa shape index (κ3) is 7.83. The molecule has 0 amide bonds. The number of piperidine rings is 2. The third-order valence-electron chi connectivity index (χ3n) is 3.35. The highest BCUT2D eigenvalue weighted by atomic mass is 19.3. The maximum Gasteiger partial charge on any atom is 0.250 e. The van der Waals surface area contributed by atoms with E-state index in [2.05, 4.69) is 24.1 Å². The number of likely N-dealkylation sites (tertiary alicyclic amines) is 1. The smallest absolute Gasteiger partial charge is 0.250 e. The van der Waals surface area contributed by atoms with Crippen LogP contribution in [0.25, 0.3) is 0 Å². The monoisotopic (exact) mass is 278 g/mol. The van der Waals surface area contributed by atoms with Gasteiger partial charge in [-0.15, -0.1) is 0 Å². The quantitative estimate of drug-likeness (QED) is 0.782. The van der Waals surface area contributed by atoms with Gasteiger partial charge in [0.15, 0.2) is 0 Å². The van der Waals surface area contributed by atoms with Crippen molar-refractivity contribution >= 4 is 0 Å². The molecule has 0 aromatic carbocycles. The second-order valence-corrected chi connectivity index (χ2v) is 5.08. The summed E-state index contributed by atoms with van der Waals surface area (Å²) in [5.41, 5.74) is 0. The molecule has 2 aliphatic rings. The van der Waals surface area contributed by atoms with Crippen LogP contribution in [0, 0.1) is 0 Å². The molecule has 0 aliphatic carbocycles. The van der Waals surface area contributed by atoms with Crippen LogP contribution in [0.3, 0.4) is 0 Å². The van der Waals surface area contributed by atoms with Gasteiger partial charge in [-0.3, -0.25) is 4.90 Å². The van der Waals surface area contributed by atoms with Crippen molar-refractivity contribution in [3.8, 4) is 0 Å². The Hall–Kier alpha value is -0.220. The Labute approximate surface area is 117 Å². The summed E-state index contributed by atoms with van der Waals surface area (Å²) >= 11 is 0. The zero-order valence-electron chi connectivity index (χ0n) is 13.1. The summed E-state index contributed by atoms with van der Waals surface area (Å²) in [6.45, 7) is 11.5. The lowest BCUT2D eigenvalue weighted by molar-refractivity contribution is -0.0650. The van der Waals surface area contributed by atoms with E-state index in [-0.39, 0.29) is 12.8 Å². The lowest BCUT2D eigenvalue weighted by Gasteiger charge is -2.39. The number of nitrogens with zero attached hydrogens (tertiary/aromatic N) is 1. The fourth-order valence-corrected chi connectivity index (χ4v) is 2.39. The molecule has 0 saturated carbocycles. The average molecular weight is 278 g/mol. The normalized spacial score (nSPS) is 23.7. The van der Waals surface area contributed by atoms with E-state index >= 15 is 0 Å². The summed E-state index contributed by atoms with van der Waals surface area (Å²) in [6, 6.07) is 0.548. The van der Waals surface area contributed by atoms with E-state index in [0.29, 0.717) is 19.1 Å². The number of hydrogen-bond acceptors (Lipinski definition) is 2. The van der Waals surface area contributed by atoms with E-state index in [1.165, 1.54) is 6.42 Å². The first-order valence-corrected chi connectivity index (χ1v) is 7.91. The summed E-state index contributed by atoms with van der Waals surface area (Å²) in [7, 11) is 0. The van der Waals surface area contributed by atoms with E-state index in [0.717, 1.165) is 25.9 Å². The van der Waals surface area contributed by atoms with Crippen molar-refractivity contribution in [1.29, 1.82) is 0 Å². The largest absolute Gasteiger partial charge is 0.317 e. The molecular formula is C15H32F2N2. The van der Waals surface area contributed by atoms with Gasteiger partial charge in [0.2, 0.25) is 0 Å². The number of nitrogens with one attached hydrogen (secondary N) is 1. The Bertz CT molecular complexity index is 194. The van der Waals surface area contributed by atoms with Gasteiger partial charge < -0.3 is 5.32 Å². The SMILES string of the molecule is CC.CCC.FC1(F)CCN(C2CCNCC2)CC1. The van der Waals surface area contributed by atoms with Crippen LogP contribution in [-0.4, -0.2) is 43.0 Å². The molecule has 116 valence electrons. The standard InChI is InChI=1S/C10H18F2N2.C3H8.C2H6/c11-10(12)3-7-14(8-4-10)9-1-5-13-6-2-9;1-3-2;1-2/h9,13H,1-8H2;3H2,1-2H3;1-2H3. The van der Waals surface area contributed by atoms with Crippen LogP contribution in [0.4, 0.5) is 8.78 Å². The molecule has 2 saturated heterocycles.